The predicted molar refractivity (Wildman–Crippen MR) is 381 cm³/mol. The van der Waals surface area contributed by atoms with Gasteiger partial charge >= 0.3 is 19.8 Å². The molecule has 2 atom stereocenters. The highest BCUT2D eigenvalue weighted by molar-refractivity contribution is 7.47. The van der Waals surface area contributed by atoms with Crippen molar-refractivity contribution in [1.29, 1.82) is 0 Å². The van der Waals surface area contributed by atoms with Crippen molar-refractivity contribution in [3.8, 4) is 0 Å². The van der Waals surface area contributed by atoms with E-state index in [1.807, 2.05) is 0 Å². The van der Waals surface area contributed by atoms with Crippen LogP contribution in [0.3, 0.4) is 0 Å². The van der Waals surface area contributed by atoms with Gasteiger partial charge in [0.05, 0.1) is 13.2 Å². The zero-order valence-electron chi connectivity index (χ0n) is 59.3. The first-order chi connectivity index (χ1) is 43.3. The average molecular weight is 1270 g/mol. The third-order valence-electron chi connectivity index (χ3n) is 18.4. The van der Waals surface area contributed by atoms with Crippen molar-refractivity contribution in [2.45, 2.75) is 450 Å². The second kappa shape index (κ2) is 74.8. The molecule has 524 valence electrons. The zero-order valence-corrected chi connectivity index (χ0v) is 60.2. The Hall–Kier alpha value is -1.25. The van der Waals surface area contributed by atoms with Gasteiger partial charge in [0.1, 0.15) is 6.61 Å². The maximum Gasteiger partial charge on any atom is 0.472 e. The summed E-state index contributed by atoms with van der Waals surface area (Å²) in [4.78, 5) is 35.4. The molecule has 0 rings (SSSR count). The van der Waals surface area contributed by atoms with Crippen LogP contribution in [0.2, 0.25) is 0 Å². The molecule has 10 heteroatoms. The van der Waals surface area contributed by atoms with Crippen LogP contribution in [0.1, 0.15) is 444 Å². The molecule has 0 aliphatic rings. The predicted octanol–water partition coefficient (Wildman–Crippen LogP) is 26.3. The highest BCUT2D eigenvalue weighted by Crippen LogP contribution is 2.43. The Morgan fingerprint density at radius 2 is 0.557 bits per heavy atom. The van der Waals surface area contributed by atoms with Crippen molar-refractivity contribution in [3.63, 3.8) is 0 Å². The monoisotopic (exact) mass is 1260 g/mol. The summed E-state index contributed by atoms with van der Waals surface area (Å²) in [5.74, 6) is -0.796. The number of hydrogen-bond acceptors (Lipinski definition) is 8. The van der Waals surface area contributed by atoms with Crippen molar-refractivity contribution < 1.29 is 37.6 Å². The van der Waals surface area contributed by atoms with Crippen LogP contribution in [0.5, 0.6) is 0 Å². The normalized spacial score (nSPS) is 12.8. The first-order valence-corrected chi connectivity index (χ1v) is 41.2. The van der Waals surface area contributed by atoms with Crippen LogP contribution in [-0.2, 0) is 32.7 Å². The van der Waals surface area contributed by atoms with E-state index in [-0.39, 0.29) is 38.6 Å². The fourth-order valence-electron chi connectivity index (χ4n) is 12.5. The number of carbonyl (C=O) groups excluding carboxylic acids is 2. The molecule has 0 aliphatic carbocycles. The molecule has 0 aliphatic heterocycles. The van der Waals surface area contributed by atoms with Crippen molar-refractivity contribution in [3.05, 3.63) is 12.2 Å². The van der Waals surface area contributed by atoms with Gasteiger partial charge in [-0.15, -0.1) is 0 Å². The lowest BCUT2D eigenvalue weighted by atomic mass is 10.0. The lowest BCUT2D eigenvalue weighted by Gasteiger charge is -2.19. The Kier molecular flexibility index (Phi) is 73.7. The molecule has 0 saturated heterocycles. The second-order valence-electron chi connectivity index (χ2n) is 27.3. The quantitative estimate of drug-likeness (QED) is 0.0264. The first-order valence-electron chi connectivity index (χ1n) is 39.7. The molecule has 88 heavy (non-hydrogen) atoms. The minimum Gasteiger partial charge on any atom is -0.462 e. The molecular formula is C78H154NO8P. The number of phosphoric ester groups is 1. The van der Waals surface area contributed by atoms with Crippen molar-refractivity contribution in [1.82, 2.24) is 0 Å². The third-order valence-corrected chi connectivity index (χ3v) is 19.4. The van der Waals surface area contributed by atoms with E-state index < -0.39 is 26.5 Å². The maximum atomic E-state index is 12.8. The topological polar surface area (TPSA) is 134 Å². The van der Waals surface area contributed by atoms with Crippen LogP contribution in [0.15, 0.2) is 12.2 Å². The number of carbonyl (C=O) groups is 2. The van der Waals surface area contributed by atoms with E-state index in [1.165, 1.54) is 379 Å². The number of ether oxygens (including phenoxy) is 2. The molecule has 0 aromatic rings. The molecule has 0 heterocycles. The lowest BCUT2D eigenvalue weighted by Crippen LogP contribution is -2.29. The van der Waals surface area contributed by atoms with Crippen LogP contribution in [0.4, 0.5) is 0 Å². The van der Waals surface area contributed by atoms with Gasteiger partial charge in [-0.05, 0) is 38.5 Å². The minimum absolute atomic E-state index is 0.0583. The van der Waals surface area contributed by atoms with Gasteiger partial charge in [0.15, 0.2) is 6.10 Å². The number of unbranched alkanes of at least 4 members (excludes halogenated alkanes) is 62. The molecule has 0 amide bonds. The third kappa shape index (κ3) is 73.8. The maximum absolute atomic E-state index is 12.8. The van der Waals surface area contributed by atoms with Gasteiger partial charge < -0.3 is 20.1 Å². The van der Waals surface area contributed by atoms with E-state index in [2.05, 4.69) is 26.0 Å². The van der Waals surface area contributed by atoms with Crippen LogP contribution in [0.25, 0.3) is 0 Å². The summed E-state index contributed by atoms with van der Waals surface area (Å²) in [7, 11) is -4.39. The standard InChI is InChI=1S/C78H154NO8P/c1-3-5-7-9-11-13-15-17-19-21-23-25-27-29-31-33-34-35-36-37-38-39-40-41-42-43-45-47-49-51-53-55-57-59-61-63-65-67-69-71-78(81)87-76(75-86-88(82,83)85-73-72-79)74-84-77(80)70-68-66-64-62-60-58-56-54-52-50-48-46-44-32-30-28-26-24-22-20-18-16-14-12-10-8-6-4-2/h21,23,76H,3-20,22,24-75,79H2,1-2H3,(H,82,83)/b23-21-. The van der Waals surface area contributed by atoms with E-state index in [1.54, 1.807) is 0 Å². The fraction of sp³-hybridized carbons (Fsp3) is 0.949. The van der Waals surface area contributed by atoms with Gasteiger partial charge in [0, 0.05) is 19.4 Å². The van der Waals surface area contributed by atoms with Crippen molar-refractivity contribution >= 4 is 19.8 Å². The molecule has 0 bridgehead atoms. The molecule has 0 spiro atoms. The Balaban J connectivity index is 3.72. The molecule has 0 aromatic heterocycles. The molecule has 0 aromatic carbocycles. The number of phosphoric acid groups is 1. The molecule has 2 unspecified atom stereocenters. The van der Waals surface area contributed by atoms with Crippen molar-refractivity contribution in [2.24, 2.45) is 5.73 Å². The van der Waals surface area contributed by atoms with E-state index in [9.17, 15) is 19.0 Å². The summed E-state index contributed by atoms with van der Waals surface area (Å²) in [5.41, 5.74) is 5.41. The van der Waals surface area contributed by atoms with Gasteiger partial charge in [0.2, 0.25) is 0 Å². The number of nitrogens with two attached hydrogens (primary N) is 1. The lowest BCUT2D eigenvalue weighted by molar-refractivity contribution is -0.161. The Morgan fingerprint density at radius 3 is 0.807 bits per heavy atom. The number of rotatable bonds is 77. The summed E-state index contributed by atoms with van der Waals surface area (Å²) in [6.07, 6.45) is 92.2. The SMILES string of the molecule is CCCCCCCCCC/C=C\CCCCCCCCCCCCCCCCCCCCCCCCCCCCCC(=O)OC(COC(=O)CCCCCCCCCCCCCCCCCCCCCCCCCCCCCC)COP(=O)(O)OCCN. The number of hydrogen-bond donors (Lipinski definition) is 2. The summed E-state index contributed by atoms with van der Waals surface area (Å²) in [5, 5.41) is 0. The van der Waals surface area contributed by atoms with E-state index in [0.29, 0.717) is 6.42 Å². The highest BCUT2D eigenvalue weighted by Gasteiger charge is 2.26. The molecule has 3 N–H and O–H groups in total. The van der Waals surface area contributed by atoms with E-state index in [0.717, 1.165) is 32.1 Å². The smallest absolute Gasteiger partial charge is 0.462 e. The molecule has 9 nitrogen and oxygen atoms in total. The average Bonchev–Trinajstić information content (AvgIpc) is 3.71. The summed E-state index contributed by atoms with van der Waals surface area (Å²) >= 11 is 0. The Labute approximate surface area is 549 Å². The number of esters is 2. The van der Waals surface area contributed by atoms with Crippen molar-refractivity contribution in [2.75, 3.05) is 26.4 Å². The molecule has 0 radical (unpaired) electrons. The molecule has 0 saturated carbocycles. The summed E-state index contributed by atoms with van der Waals surface area (Å²) < 4.78 is 33.3. The van der Waals surface area contributed by atoms with Gasteiger partial charge in [0.25, 0.3) is 0 Å². The summed E-state index contributed by atoms with van der Waals surface area (Å²) in [6.45, 7) is 3.85. The number of allylic oxidation sites excluding steroid dienone is 2. The van der Waals surface area contributed by atoms with Gasteiger partial charge in [-0.1, -0.05) is 405 Å². The van der Waals surface area contributed by atoms with Crippen LogP contribution >= 0.6 is 7.82 Å². The van der Waals surface area contributed by atoms with Crippen LogP contribution in [0, 0.1) is 0 Å². The van der Waals surface area contributed by atoms with Crippen LogP contribution in [-0.4, -0.2) is 49.3 Å². The van der Waals surface area contributed by atoms with Gasteiger partial charge in [-0.25, -0.2) is 4.57 Å². The zero-order chi connectivity index (χ0) is 63.7. The minimum atomic E-state index is -4.39. The van der Waals surface area contributed by atoms with E-state index in [4.69, 9.17) is 24.3 Å². The summed E-state index contributed by atoms with van der Waals surface area (Å²) in [6, 6.07) is 0. The highest BCUT2D eigenvalue weighted by atomic mass is 31.2. The fourth-order valence-corrected chi connectivity index (χ4v) is 13.3. The van der Waals surface area contributed by atoms with Gasteiger partial charge in [-0.3, -0.25) is 18.6 Å². The first kappa shape index (κ1) is 86.8. The second-order valence-corrected chi connectivity index (χ2v) is 28.8. The molecule has 0 fully saturated rings. The van der Waals surface area contributed by atoms with Crippen LogP contribution < -0.4 is 5.73 Å². The molecular weight excluding hydrogens is 1110 g/mol. The largest absolute Gasteiger partial charge is 0.472 e. The Morgan fingerprint density at radius 1 is 0.330 bits per heavy atom. The van der Waals surface area contributed by atoms with Gasteiger partial charge in [-0.2, -0.15) is 0 Å². The Bertz CT molecular complexity index is 1450. The van der Waals surface area contributed by atoms with E-state index >= 15 is 0 Å².